The van der Waals surface area contributed by atoms with Gasteiger partial charge >= 0.3 is 5.97 Å². The Morgan fingerprint density at radius 2 is 2.17 bits per heavy atom. The van der Waals surface area contributed by atoms with Gasteiger partial charge in [0.1, 0.15) is 0 Å². The number of benzene rings is 1. The second-order valence-corrected chi connectivity index (χ2v) is 4.94. The fourth-order valence-electron chi connectivity index (χ4n) is 1.75. The minimum atomic E-state index is -0.962. The van der Waals surface area contributed by atoms with Gasteiger partial charge in [-0.25, -0.2) is 4.79 Å². The van der Waals surface area contributed by atoms with Crippen molar-refractivity contribution in [1.29, 1.82) is 0 Å². The van der Waals surface area contributed by atoms with Gasteiger partial charge in [0.2, 0.25) is 0 Å². The average molecular weight is 269 g/mol. The van der Waals surface area contributed by atoms with Crippen LogP contribution in [0.2, 0.25) is 5.02 Å². The highest BCUT2D eigenvalue weighted by Gasteiger charge is 2.19. The van der Waals surface area contributed by atoms with Crippen molar-refractivity contribution in [2.45, 2.75) is 25.3 Å². The lowest BCUT2D eigenvalue weighted by molar-refractivity contribution is 0.0698. The van der Waals surface area contributed by atoms with Gasteiger partial charge in [-0.2, -0.15) is 0 Å². The van der Waals surface area contributed by atoms with Gasteiger partial charge in [0.05, 0.1) is 5.56 Å². The summed E-state index contributed by atoms with van der Waals surface area (Å²) in [5.74, 6) is -0.962. The van der Waals surface area contributed by atoms with Crippen LogP contribution in [0.1, 0.15) is 29.6 Å². The van der Waals surface area contributed by atoms with E-state index >= 15 is 0 Å². The normalized spacial score (nSPS) is 14.5. The molecule has 5 heteroatoms. The number of nitrogens with one attached hydrogen (secondary N) is 2. The van der Waals surface area contributed by atoms with Gasteiger partial charge in [-0.3, -0.25) is 0 Å². The topological polar surface area (TPSA) is 61.4 Å². The molecule has 4 nitrogen and oxygen atoms in total. The van der Waals surface area contributed by atoms with E-state index in [-0.39, 0.29) is 5.56 Å². The quantitative estimate of drug-likeness (QED) is 0.665. The SMILES string of the molecule is O=C(O)c1cc(Cl)ccc1NCCCNC1CC1. The number of aromatic carboxylic acids is 1. The first-order valence-electron chi connectivity index (χ1n) is 6.17. The molecule has 1 fully saturated rings. The minimum Gasteiger partial charge on any atom is -0.478 e. The summed E-state index contributed by atoms with van der Waals surface area (Å²) < 4.78 is 0. The van der Waals surface area contributed by atoms with Crippen LogP contribution in [0.3, 0.4) is 0 Å². The Morgan fingerprint density at radius 1 is 1.39 bits per heavy atom. The molecule has 18 heavy (non-hydrogen) atoms. The monoisotopic (exact) mass is 268 g/mol. The summed E-state index contributed by atoms with van der Waals surface area (Å²) in [6.07, 6.45) is 3.54. The third-order valence-electron chi connectivity index (χ3n) is 2.89. The molecule has 0 spiro atoms. The fraction of sp³-hybridized carbons (Fsp3) is 0.462. The van der Waals surface area contributed by atoms with Gasteiger partial charge < -0.3 is 15.7 Å². The third-order valence-corrected chi connectivity index (χ3v) is 3.13. The molecule has 1 aliphatic rings. The molecule has 0 aromatic heterocycles. The molecule has 3 N–H and O–H groups in total. The maximum atomic E-state index is 11.0. The molecule has 98 valence electrons. The van der Waals surface area contributed by atoms with Crippen LogP contribution < -0.4 is 10.6 Å². The van der Waals surface area contributed by atoms with E-state index in [4.69, 9.17) is 16.7 Å². The zero-order chi connectivity index (χ0) is 13.0. The van der Waals surface area contributed by atoms with Crippen LogP contribution >= 0.6 is 11.6 Å². The highest BCUT2D eigenvalue weighted by atomic mass is 35.5. The van der Waals surface area contributed by atoms with Gasteiger partial charge in [-0.1, -0.05) is 11.6 Å². The number of hydrogen-bond donors (Lipinski definition) is 3. The van der Waals surface area contributed by atoms with Crippen LogP contribution in [0.15, 0.2) is 18.2 Å². The Morgan fingerprint density at radius 3 is 2.83 bits per heavy atom. The lowest BCUT2D eigenvalue weighted by atomic mass is 10.2. The van der Waals surface area contributed by atoms with Crippen LogP contribution in [0.4, 0.5) is 5.69 Å². The van der Waals surface area contributed by atoms with Crippen molar-refractivity contribution in [2.24, 2.45) is 0 Å². The van der Waals surface area contributed by atoms with Crippen molar-refractivity contribution in [1.82, 2.24) is 5.32 Å². The number of rotatable bonds is 7. The number of hydrogen-bond acceptors (Lipinski definition) is 3. The summed E-state index contributed by atoms with van der Waals surface area (Å²) in [7, 11) is 0. The Kier molecular flexibility index (Phi) is 4.44. The first-order chi connectivity index (χ1) is 8.66. The Labute approximate surface area is 111 Å². The summed E-state index contributed by atoms with van der Waals surface area (Å²) in [4.78, 5) is 11.0. The van der Waals surface area contributed by atoms with Gasteiger partial charge in [-0.15, -0.1) is 0 Å². The zero-order valence-electron chi connectivity index (χ0n) is 10.1. The molecule has 1 aromatic carbocycles. The van der Waals surface area contributed by atoms with E-state index in [9.17, 15) is 4.79 Å². The maximum absolute atomic E-state index is 11.0. The Hall–Kier alpha value is -1.26. The van der Waals surface area contributed by atoms with Crippen LogP contribution in [0.25, 0.3) is 0 Å². The largest absolute Gasteiger partial charge is 0.478 e. The highest BCUT2D eigenvalue weighted by Crippen LogP contribution is 2.21. The van der Waals surface area contributed by atoms with E-state index in [0.717, 1.165) is 25.6 Å². The first-order valence-corrected chi connectivity index (χ1v) is 6.54. The van der Waals surface area contributed by atoms with Gasteiger partial charge in [0.15, 0.2) is 0 Å². The lowest BCUT2D eigenvalue weighted by Crippen LogP contribution is -2.20. The van der Waals surface area contributed by atoms with E-state index in [1.807, 2.05) is 0 Å². The summed E-state index contributed by atoms with van der Waals surface area (Å²) in [5, 5.41) is 16.0. The molecule has 0 heterocycles. The van der Waals surface area contributed by atoms with E-state index in [2.05, 4.69) is 10.6 Å². The molecule has 0 saturated heterocycles. The molecule has 1 aliphatic carbocycles. The molecule has 0 aliphatic heterocycles. The Bertz CT molecular complexity index is 433. The summed E-state index contributed by atoms with van der Waals surface area (Å²) in [6.45, 7) is 1.72. The summed E-state index contributed by atoms with van der Waals surface area (Å²) in [6, 6.07) is 5.59. The molecule has 1 saturated carbocycles. The number of anilines is 1. The zero-order valence-corrected chi connectivity index (χ0v) is 10.8. The summed E-state index contributed by atoms with van der Waals surface area (Å²) >= 11 is 5.79. The van der Waals surface area contributed by atoms with Crippen LogP contribution in [-0.2, 0) is 0 Å². The van der Waals surface area contributed by atoms with E-state index in [1.54, 1.807) is 12.1 Å². The van der Waals surface area contributed by atoms with Crippen LogP contribution in [0.5, 0.6) is 0 Å². The number of carboxylic acid groups (broad SMARTS) is 1. The predicted molar refractivity (Wildman–Crippen MR) is 72.5 cm³/mol. The third kappa shape index (κ3) is 3.89. The number of carboxylic acids is 1. The van der Waals surface area contributed by atoms with Gasteiger partial charge in [0, 0.05) is 23.3 Å². The molecule has 0 radical (unpaired) electrons. The van der Waals surface area contributed by atoms with Gasteiger partial charge in [0.25, 0.3) is 0 Å². The molecular formula is C13H17ClN2O2. The fourth-order valence-corrected chi connectivity index (χ4v) is 1.92. The van der Waals surface area contributed by atoms with Crippen LogP contribution in [0, 0.1) is 0 Å². The second-order valence-electron chi connectivity index (χ2n) is 4.50. The first kappa shape index (κ1) is 13.2. The predicted octanol–water partition coefficient (Wildman–Crippen LogP) is 2.59. The molecule has 0 amide bonds. The van der Waals surface area contributed by atoms with Crippen molar-refractivity contribution in [3.8, 4) is 0 Å². The molecule has 0 unspecified atom stereocenters. The number of carbonyl (C=O) groups is 1. The van der Waals surface area contributed by atoms with E-state index in [0.29, 0.717) is 10.7 Å². The van der Waals surface area contributed by atoms with Crippen molar-refractivity contribution in [3.05, 3.63) is 28.8 Å². The van der Waals surface area contributed by atoms with E-state index < -0.39 is 5.97 Å². The molecular weight excluding hydrogens is 252 g/mol. The van der Waals surface area contributed by atoms with Crippen molar-refractivity contribution < 1.29 is 9.90 Å². The van der Waals surface area contributed by atoms with Gasteiger partial charge in [-0.05, 0) is 44.0 Å². The standard InChI is InChI=1S/C13H17ClN2O2/c14-9-2-5-12(11(8-9)13(17)18)16-7-1-6-15-10-3-4-10/h2,5,8,10,15-16H,1,3-4,6-7H2,(H,17,18). The molecule has 2 rings (SSSR count). The second kappa shape index (κ2) is 6.07. The summed E-state index contributed by atoms with van der Waals surface area (Å²) in [5.41, 5.74) is 0.843. The van der Waals surface area contributed by atoms with E-state index in [1.165, 1.54) is 18.9 Å². The number of halogens is 1. The highest BCUT2D eigenvalue weighted by molar-refractivity contribution is 6.31. The smallest absolute Gasteiger partial charge is 0.337 e. The van der Waals surface area contributed by atoms with Crippen molar-refractivity contribution in [2.75, 3.05) is 18.4 Å². The average Bonchev–Trinajstić information content (AvgIpc) is 3.14. The van der Waals surface area contributed by atoms with Crippen LogP contribution in [-0.4, -0.2) is 30.2 Å². The maximum Gasteiger partial charge on any atom is 0.337 e. The molecule has 0 bridgehead atoms. The minimum absolute atomic E-state index is 0.220. The molecule has 0 atom stereocenters. The van der Waals surface area contributed by atoms with Crippen molar-refractivity contribution >= 4 is 23.3 Å². The Balaban J connectivity index is 1.81. The van der Waals surface area contributed by atoms with Crippen molar-refractivity contribution in [3.63, 3.8) is 0 Å². The lowest BCUT2D eigenvalue weighted by Gasteiger charge is -2.10. The molecule has 1 aromatic rings.